The molecule has 2 amide bonds. The fourth-order valence-electron chi connectivity index (χ4n) is 5.61. The van der Waals surface area contributed by atoms with Gasteiger partial charge >= 0.3 is 0 Å². The highest BCUT2D eigenvalue weighted by molar-refractivity contribution is 7.91. The van der Waals surface area contributed by atoms with Crippen molar-refractivity contribution in [1.82, 2.24) is 10.2 Å². The van der Waals surface area contributed by atoms with Gasteiger partial charge in [0.15, 0.2) is 9.84 Å². The van der Waals surface area contributed by atoms with Gasteiger partial charge in [-0.25, -0.2) is 8.42 Å². The average molecular weight is 717 g/mol. The zero-order valence-corrected chi connectivity index (χ0v) is 30.2. The molecule has 13 nitrogen and oxygen atoms in total. The van der Waals surface area contributed by atoms with E-state index in [4.69, 9.17) is 30.1 Å². The van der Waals surface area contributed by atoms with Gasteiger partial charge in [-0.05, 0) is 62.4 Å². The standard InChI is InChI=1S/C36H52N4O9S/c1-4-18-48-24-26(2)49-21-20-47-19-6-7-30(41)22-29(25-50(44,45)32-15-13-31(46-3)14-16-32)36(43)40-17-5-8-33(40)35(42)39-23-27-9-11-28(12-10-27)34(37)38/h9-16,26,29,33H,4-8,17-25H2,1-3H3,(H3,37,38)(H,39,42)/t26?,29-,33-/m0/s1. The van der Waals surface area contributed by atoms with Gasteiger partial charge in [-0.1, -0.05) is 31.2 Å². The first-order valence-corrected chi connectivity index (χ1v) is 18.8. The quantitative estimate of drug-likeness (QED) is 0.0875. The predicted molar refractivity (Wildman–Crippen MR) is 189 cm³/mol. The first-order valence-electron chi connectivity index (χ1n) is 17.1. The van der Waals surface area contributed by atoms with Gasteiger partial charge in [-0.15, -0.1) is 0 Å². The highest BCUT2D eigenvalue weighted by Gasteiger charge is 2.39. The second-order valence-corrected chi connectivity index (χ2v) is 14.4. The molecule has 1 aliphatic rings. The second-order valence-electron chi connectivity index (χ2n) is 12.4. The molecule has 276 valence electrons. The van der Waals surface area contributed by atoms with Gasteiger partial charge in [0.2, 0.25) is 11.8 Å². The molecule has 14 heteroatoms. The maximum absolute atomic E-state index is 14.0. The van der Waals surface area contributed by atoms with E-state index in [1.165, 1.54) is 36.3 Å². The minimum absolute atomic E-state index is 0.0110. The maximum atomic E-state index is 14.0. The lowest BCUT2D eigenvalue weighted by Crippen LogP contribution is -2.49. The van der Waals surface area contributed by atoms with Crippen LogP contribution in [0.25, 0.3) is 0 Å². The molecule has 1 saturated heterocycles. The lowest BCUT2D eigenvalue weighted by molar-refractivity contribution is -0.142. The number of nitrogens with zero attached hydrogens (tertiary/aromatic N) is 1. The van der Waals surface area contributed by atoms with Gasteiger partial charge in [-0.2, -0.15) is 0 Å². The summed E-state index contributed by atoms with van der Waals surface area (Å²) in [6, 6.07) is 12.0. The van der Waals surface area contributed by atoms with E-state index in [0.717, 1.165) is 12.0 Å². The molecule has 0 saturated carbocycles. The Hall–Kier alpha value is -3.85. The number of hydrogen-bond donors (Lipinski definition) is 3. The Morgan fingerprint density at radius 2 is 1.74 bits per heavy atom. The molecule has 2 aromatic carbocycles. The molecule has 1 aliphatic heterocycles. The summed E-state index contributed by atoms with van der Waals surface area (Å²) in [6.07, 6.45) is 2.11. The molecule has 0 radical (unpaired) electrons. The van der Waals surface area contributed by atoms with Crippen molar-refractivity contribution in [2.75, 3.05) is 52.4 Å². The molecular weight excluding hydrogens is 664 g/mol. The van der Waals surface area contributed by atoms with Crippen LogP contribution in [0.4, 0.5) is 0 Å². The van der Waals surface area contributed by atoms with Crippen molar-refractivity contribution >= 4 is 33.3 Å². The molecule has 0 bridgehead atoms. The van der Waals surface area contributed by atoms with Crippen molar-refractivity contribution in [3.63, 3.8) is 0 Å². The van der Waals surface area contributed by atoms with E-state index in [-0.39, 0.29) is 54.5 Å². The fourth-order valence-corrected chi connectivity index (χ4v) is 7.14. The van der Waals surface area contributed by atoms with Crippen LogP contribution in [0.2, 0.25) is 0 Å². The number of likely N-dealkylation sites (tertiary alicyclic amines) is 1. The molecule has 1 unspecified atom stereocenters. The Morgan fingerprint density at radius 3 is 2.40 bits per heavy atom. The molecule has 1 heterocycles. The molecule has 4 N–H and O–H groups in total. The van der Waals surface area contributed by atoms with Crippen molar-refractivity contribution < 1.29 is 41.7 Å². The number of carbonyl (C=O) groups is 3. The Balaban J connectivity index is 1.61. The number of nitrogens with one attached hydrogen (secondary N) is 2. The van der Waals surface area contributed by atoms with Crippen LogP contribution in [0.3, 0.4) is 0 Å². The summed E-state index contributed by atoms with van der Waals surface area (Å²) in [7, 11) is -2.50. The Bertz CT molecular complexity index is 1500. The molecule has 0 aliphatic carbocycles. The van der Waals surface area contributed by atoms with Crippen LogP contribution in [0.5, 0.6) is 5.75 Å². The van der Waals surface area contributed by atoms with E-state index in [9.17, 15) is 22.8 Å². The molecule has 0 spiro atoms. The summed E-state index contributed by atoms with van der Waals surface area (Å²) in [6.45, 7) is 6.69. The Labute approximate surface area is 295 Å². The fraction of sp³-hybridized carbons (Fsp3) is 0.556. The van der Waals surface area contributed by atoms with E-state index >= 15 is 0 Å². The van der Waals surface area contributed by atoms with Gasteiger partial charge < -0.3 is 34.9 Å². The van der Waals surface area contributed by atoms with Crippen LogP contribution in [0.15, 0.2) is 53.4 Å². The predicted octanol–water partition coefficient (Wildman–Crippen LogP) is 3.26. The summed E-state index contributed by atoms with van der Waals surface area (Å²) >= 11 is 0. The average Bonchev–Trinajstić information content (AvgIpc) is 3.60. The molecule has 1 fully saturated rings. The molecule has 2 aromatic rings. The molecule has 3 atom stereocenters. The van der Waals surface area contributed by atoms with Crippen molar-refractivity contribution in [2.45, 2.75) is 76.0 Å². The van der Waals surface area contributed by atoms with Crippen molar-refractivity contribution in [1.29, 1.82) is 5.41 Å². The van der Waals surface area contributed by atoms with Gasteiger partial charge in [0.25, 0.3) is 0 Å². The number of methoxy groups -OCH3 is 1. The lowest BCUT2D eigenvalue weighted by atomic mass is 9.99. The zero-order valence-electron chi connectivity index (χ0n) is 29.4. The number of ether oxygens (including phenoxy) is 4. The highest BCUT2D eigenvalue weighted by Crippen LogP contribution is 2.26. The lowest BCUT2D eigenvalue weighted by Gasteiger charge is -2.28. The van der Waals surface area contributed by atoms with Crippen molar-refractivity contribution in [3.05, 3.63) is 59.7 Å². The molecule has 0 aromatic heterocycles. The van der Waals surface area contributed by atoms with E-state index in [1.54, 1.807) is 24.3 Å². The zero-order chi connectivity index (χ0) is 36.5. The summed E-state index contributed by atoms with van der Waals surface area (Å²) in [4.78, 5) is 41.8. The number of sulfone groups is 1. The van der Waals surface area contributed by atoms with Crippen LogP contribution < -0.4 is 15.8 Å². The third-order valence-electron chi connectivity index (χ3n) is 8.31. The number of rotatable bonds is 23. The van der Waals surface area contributed by atoms with Crippen molar-refractivity contribution in [2.24, 2.45) is 11.7 Å². The summed E-state index contributed by atoms with van der Waals surface area (Å²) in [5.41, 5.74) is 6.87. The van der Waals surface area contributed by atoms with E-state index in [2.05, 4.69) is 5.32 Å². The number of benzene rings is 2. The van der Waals surface area contributed by atoms with Gasteiger partial charge in [0.1, 0.15) is 23.4 Å². The van der Waals surface area contributed by atoms with Crippen LogP contribution in [-0.2, 0) is 45.0 Å². The Morgan fingerprint density at radius 1 is 1.02 bits per heavy atom. The molecular formula is C36H52N4O9S. The number of Topliss-reactive ketones (excluding diaryl/α,β-unsaturated/α-hetero) is 1. The normalized spacial score (nSPS) is 15.7. The van der Waals surface area contributed by atoms with Crippen LogP contribution >= 0.6 is 0 Å². The minimum Gasteiger partial charge on any atom is -0.497 e. The number of carbonyl (C=O) groups excluding carboxylic acids is 3. The number of nitrogen functional groups attached to an aromatic ring is 1. The largest absolute Gasteiger partial charge is 0.497 e. The van der Waals surface area contributed by atoms with Gasteiger partial charge in [-0.3, -0.25) is 19.8 Å². The monoisotopic (exact) mass is 716 g/mol. The third-order valence-corrected chi connectivity index (χ3v) is 10.1. The third kappa shape index (κ3) is 13.1. The van der Waals surface area contributed by atoms with E-state index in [0.29, 0.717) is 63.6 Å². The smallest absolute Gasteiger partial charge is 0.243 e. The van der Waals surface area contributed by atoms with E-state index < -0.39 is 33.5 Å². The number of amides is 2. The molecule has 50 heavy (non-hydrogen) atoms. The maximum Gasteiger partial charge on any atom is 0.243 e. The van der Waals surface area contributed by atoms with Crippen LogP contribution in [0, 0.1) is 11.3 Å². The number of amidine groups is 1. The van der Waals surface area contributed by atoms with Crippen molar-refractivity contribution in [3.8, 4) is 5.75 Å². The minimum atomic E-state index is -3.98. The highest BCUT2D eigenvalue weighted by atomic mass is 32.2. The summed E-state index contributed by atoms with van der Waals surface area (Å²) in [5, 5.41) is 10.4. The number of ketones is 1. The van der Waals surface area contributed by atoms with Gasteiger partial charge in [0.05, 0.1) is 49.6 Å². The Kier molecular flexibility index (Phi) is 16.8. The van der Waals surface area contributed by atoms with Gasteiger partial charge in [0, 0.05) is 44.7 Å². The van der Waals surface area contributed by atoms with Crippen LogP contribution in [0.1, 0.15) is 63.5 Å². The first-order chi connectivity index (χ1) is 23.9. The van der Waals surface area contributed by atoms with E-state index in [1.807, 2.05) is 13.8 Å². The first kappa shape index (κ1) is 40.6. The molecule has 3 rings (SSSR count). The summed E-state index contributed by atoms with van der Waals surface area (Å²) < 4.78 is 48.9. The number of nitrogens with two attached hydrogens (primary N) is 1. The topological polar surface area (TPSA) is 187 Å². The second kappa shape index (κ2) is 20.7. The van der Waals surface area contributed by atoms with Crippen LogP contribution in [-0.4, -0.2) is 101 Å². The SMILES string of the molecule is CCCOCC(C)OCCOCCCC(=O)C[C@@H](CS(=O)(=O)c1ccc(OC)cc1)C(=O)N1CCC[C@H]1C(=O)NCc1ccc(C(=N)N)cc1. The number of hydrogen-bond acceptors (Lipinski definition) is 10. The summed E-state index contributed by atoms with van der Waals surface area (Å²) in [5.74, 6) is -2.49.